The maximum atomic E-state index is 12.3. The number of carbonyl (C=O) groups is 1. The fourth-order valence-electron chi connectivity index (χ4n) is 3.43. The third kappa shape index (κ3) is 3.45. The number of nitrogens with one attached hydrogen (secondary N) is 3. The molecule has 2 aliphatic rings. The van der Waals surface area contributed by atoms with Gasteiger partial charge in [0.1, 0.15) is 6.04 Å². The Balaban J connectivity index is 1.47. The number of aromatic nitrogens is 1. The monoisotopic (exact) mass is 303 g/mol. The third-order valence-corrected chi connectivity index (χ3v) is 4.75. The summed E-state index contributed by atoms with van der Waals surface area (Å²) in [6, 6.07) is 4.46. The fraction of sp³-hybridized carbons (Fsp3) is 0.625. The minimum atomic E-state index is -0.172. The summed E-state index contributed by atoms with van der Waals surface area (Å²) in [7, 11) is 0. The highest BCUT2D eigenvalue weighted by Gasteiger charge is 2.31. The molecule has 0 saturated carbocycles. The van der Waals surface area contributed by atoms with Crippen LogP contribution >= 0.6 is 0 Å². The number of hydrogen-bond donors (Lipinski definition) is 3. The number of rotatable bonds is 5. The largest absolute Gasteiger partial charge is 0.353 e. The average Bonchev–Trinajstić information content (AvgIpc) is 3.22. The zero-order valence-electron chi connectivity index (χ0n) is 13.1. The summed E-state index contributed by atoms with van der Waals surface area (Å²) in [4.78, 5) is 18.8. The molecule has 0 radical (unpaired) electrons. The molecule has 3 rings (SSSR count). The van der Waals surface area contributed by atoms with E-state index in [-0.39, 0.29) is 18.0 Å². The molecule has 3 heterocycles. The predicted octanol–water partition coefficient (Wildman–Crippen LogP) is 0.590. The minimum Gasteiger partial charge on any atom is -0.353 e. The first-order valence-corrected chi connectivity index (χ1v) is 8.20. The van der Waals surface area contributed by atoms with Crippen LogP contribution in [0.1, 0.15) is 37.8 Å². The number of pyridine rings is 1. The van der Waals surface area contributed by atoms with Crippen molar-refractivity contribution in [2.45, 2.75) is 44.3 Å². The number of carbonyl (C=O) groups excluding carboxylic acids is 1. The Morgan fingerprint density at radius 1 is 1.41 bits per heavy atom. The van der Waals surface area contributed by atoms with Crippen LogP contribution in [0.5, 0.6) is 0 Å². The zero-order chi connectivity index (χ0) is 15.4. The molecular formula is C16H25N5O. The van der Waals surface area contributed by atoms with E-state index in [1.807, 2.05) is 12.1 Å². The van der Waals surface area contributed by atoms with E-state index in [0.717, 1.165) is 31.6 Å². The van der Waals surface area contributed by atoms with E-state index in [1.165, 1.54) is 12.8 Å². The number of amides is 1. The first kappa shape index (κ1) is 15.4. The summed E-state index contributed by atoms with van der Waals surface area (Å²) in [6.07, 6.45) is 6.75. The maximum Gasteiger partial charge on any atom is 0.238 e. The number of hydrogen-bond acceptors (Lipinski definition) is 5. The molecule has 6 nitrogen and oxygen atoms in total. The lowest BCUT2D eigenvalue weighted by Crippen LogP contribution is -2.47. The van der Waals surface area contributed by atoms with Gasteiger partial charge in [-0.25, -0.2) is 10.9 Å². The molecule has 6 heteroatoms. The van der Waals surface area contributed by atoms with Gasteiger partial charge in [-0.3, -0.25) is 14.7 Å². The summed E-state index contributed by atoms with van der Waals surface area (Å²) in [6.45, 7) is 5.16. The molecule has 1 aromatic heterocycles. The van der Waals surface area contributed by atoms with Crippen molar-refractivity contribution in [1.29, 1.82) is 0 Å². The summed E-state index contributed by atoms with van der Waals surface area (Å²) >= 11 is 0. The summed E-state index contributed by atoms with van der Waals surface area (Å²) in [5, 5.41) is 3.11. The van der Waals surface area contributed by atoms with Crippen LogP contribution in [-0.2, 0) is 4.79 Å². The maximum absolute atomic E-state index is 12.3. The van der Waals surface area contributed by atoms with E-state index in [1.54, 1.807) is 12.4 Å². The van der Waals surface area contributed by atoms with Crippen molar-refractivity contribution >= 4 is 5.91 Å². The lowest BCUT2D eigenvalue weighted by Gasteiger charge is -2.23. The Hall–Kier alpha value is -1.50. The Kier molecular flexibility index (Phi) is 5.02. The highest BCUT2D eigenvalue weighted by atomic mass is 16.2. The molecule has 3 N–H and O–H groups in total. The first-order chi connectivity index (χ1) is 10.8. The Bertz CT molecular complexity index is 495. The first-order valence-electron chi connectivity index (χ1n) is 8.20. The van der Waals surface area contributed by atoms with E-state index in [4.69, 9.17) is 0 Å². The zero-order valence-corrected chi connectivity index (χ0v) is 13.1. The Labute approximate surface area is 131 Å². The van der Waals surface area contributed by atoms with Crippen LogP contribution in [0.15, 0.2) is 24.5 Å². The quantitative estimate of drug-likeness (QED) is 0.743. The Morgan fingerprint density at radius 2 is 2.23 bits per heavy atom. The van der Waals surface area contributed by atoms with Crippen molar-refractivity contribution in [2.24, 2.45) is 0 Å². The van der Waals surface area contributed by atoms with Crippen LogP contribution in [0, 0.1) is 0 Å². The van der Waals surface area contributed by atoms with Crippen molar-refractivity contribution in [1.82, 2.24) is 26.1 Å². The van der Waals surface area contributed by atoms with Crippen molar-refractivity contribution in [3.63, 3.8) is 0 Å². The summed E-state index contributed by atoms with van der Waals surface area (Å²) in [5.74, 6) is 0.0898. The normalized spacial score (nSPS) is 28.9. The van der Waals surface area contributed by atoms with Gasteiger partial charge in [0, 0.05) is 31.0 Å². The SMILES string of the molecule is CCN1CCCC1CNC(=O)C1CC(c2ccncc2)NN1. The molecular weight excluding hydrogens is 278 g/mol. The van der Waals surface area contributed by atoms with Crippen LogP contribution in [0.25, 0.3) is 0 Å². The van der Waals surface area contributed by atoms with E-state index in [0.29, 0.717) is 6.04 Å². The molecule has 3 unspecified atom stereocenters. The van der Waals surface area contributed by atoms with Crippen LogP contribution in [0.3, 0.4) is 0 Å². The van der Waals surface area contributed by atoms with Gasteiger partial charge in [-0.1, -0.05) is 6.92 Å². The van der Waals surface area contributed by atoms with E-state index in [9.17, 15) is 4.79 Å². The molecule has 0 aromatic carbocycles. The molecule has 2 fully saturated rings. The van der Waals surface area contributed by atoms with Gasteiger partial charge in [-0.05, 0) is 50.0 Å². The number of likely N-dealkylation sites (N-methyl/N-ethyl adjacent to an activating group) is 1. The second-order valence-corrected chi connectivity index (χ2v) is 6.08. The molecule has 0 aliphatic carbocycles. The lowest BCUT2D eigenvalue weighted by molar-refractivity contribution is -0.123. The van der Waals surface area contributed by atoms with Crippen molar-refractivity contribution in [2.75, 3.05) is 19.6 Å². The molecule has 2 saturated heterocycles. The van der Waals surface area contributed by atoms with Gasteiger partial charge in [0.2, 0.25) is 5.91 Å². The highest BCUT2D eigenvalue weighted by molar-refractivity contribution is 5.82. The van der Waals surface area contributed by atoms with Gasteiger partial charge in [-0.2, -0.15) is 0 Å². The molecule has 3 atom stereocenters. The van der Waals surface area contributed by atoms with Crippen molar-refractivity contribution in [3.05, 3.63) is 30.1 Å². The van der Waals surface area contributed by atoms with Gasteiger partial charge in [0.05, 0.1) is 0 Å². The number of likely N-dealkylation sites (tertiary alicyclic amines) is 1. The van der Waals surface area contributed by atoms with Crippen LogP contribution in [0.2, 0.25) is 0 Å². The standard InChI is InChI=1S/C16H25N5O/c1-2-21-9-3-4-13(21)11-18-16(22)15-10-14(19-20-15)12-5-7-17-8-6-12/h5-8,13-15,19-20H,2-4,9-11H2,1H3,(H,18,22). The van der Waals surface area contributed by atoms with E-state index < -0.39 is 0 Å². The van der Waals surface area contributed by atoms with Crippen molar-refractivity contribution in [3.8, 4) is 0 Å². The molecule has 0 bridgehead atoms. The molecule has 0 spiro atoms. The van der Waals surface area contributed by atoms with E-state index in [2.05, 4.69) is 33.0 Å². The van der Waals surface area contributed by atoms with Crippen molar-refractivity contribution < 1.29 is 4.79 Å². The summed E-state index contributed by atoms with van der Waals surface area (Å²) in [5.41, 5.74) is 7.47. The smallest absolute Gasteiger partial charge is 0.238 e. The fourth-order valence-corrected chi connectivity index (χ4v) is 3.43. The number of hydrazine groups is 1. The van der Waals surface area contributed by atoms with Crippen LogP contribution < -0.4 is 16.2 Å². The van der Waals surface area contributed by atoms with Gasteiger partial charge in [-0.15, -0.1) is 0 Å². The van der Waals surface area contributed by atoms with E-state index >= 15 is 0 Å². The highest BCUT2D eigenvalue weighted by Crippen LogP contribution is 2.21. The van der Waals surface area contributed by atoms with Gasteiger partial charge >= 0.3 is 0 Å². The predicted molar refractivity (Wildman–Crippen MR) is 84.9 cm³/mol. The van der Waals surface area contributed by atoms with Crippen LogP contribution in [0.4, 0.5) is 0 Å². The lowest BCUT2D eigenvalue weighted by atomic mass is 10.0. The number of nitrogens with zero attached hydrogens (tertiary/aromatic N) is 2. The van der Waals surface area contributed by atoms with Gasteiger partial charge < -0.3 is 5.32 Å². The molecule has 2 aliphatic heterocycles. The van der Waals surface area contributed by atoms with Crippen LogP contribution in [-0.4, -0.2) is 47.5 Å². The second kappa shape index (κ2) is 7.17. The Morgan fingerprint density at radius 3 is 3.00 bits per heavy atom. The second-order valence-electron chi connectivity index (χ2n) is 6.08. The van der Waals surface area contributed by atoms with Gasteiger partial charge in [0.15, 0.2) is 0 Å². The molecule has 1 aromatic rings. The molecule has 120 valence electrons. The molecule has 22 heavy (non-hydrogen) atoms. The van der Waals surface area contributed by atoms with Gasteiger partial charge in [0.25, 0.3) is 0 Å². The average molecular weight is 303 g/mol. The summed E-state index contributed by atoms with van der Waals surface area (Å²) < 4.78 is 0. The molecule has 1 amide bonds. The minimum absolute atomic E-state index is 0.0898. The third-order valence-electron chi connectivity index (χ3n) is 4.75. The topological polar surface area (TPSA) is 69.3 Å².